The Morgan fingerprint density at radius 1 is 1.35 bits per heavy atom. The molecular formula is C15H26N4O. The lowest BCUT2D eigenvalue weighted by molar-refractivity contribution is -0.132. The molecule has 0 saturated heterocycles. The van der Waals surface area contributed by atoms with Crippen molar-refractivity contribution in [3.05, 3.63) is 17.0 Å². The molecule has 1 aliphatic carbocycles. The maximum absolute atomic E-state index is 12.5. The first-order valence-electron chi connectivity index (χ1n) is 7.47. The van der Waals surface area contributed by atoms with Crippen LogP contribution in [-0.4, -0.2) is 22.2 Å². The van der Waals surface area contributed by atoms with Gasteiger partial charge in [-0.05, 0) is 26.7 Å². The summed E-state index contributed by atoms with van der Waals surface area (Å²) in [4.78, 5) is 12.5. The Balaban J connectivity index is 2.04. The Hall–Kier alpha value is -1.36. The van der Waals surface area contributed by atoms with Gasteiger partial charge in [-0.25, -0.2) is 0 Å². The molecule has 0 aliphatic heterocycles. The topological polar surface area (TPSA) is 72.9 Å². The highest BCUT2D eigenvalue weighted by Gasteiger charge is 2.37. The van der Waals surface area contributed by atoms with Crippen molar-refractivity contribution in [1.82, 2.24) is 15.1 Å². The quantitative estimate of drug-likeness (QED) is 0.878. The molecule has 5 nitrogen and oxygen atoms in total. The van der Waals surface area contributed by atoms with E-state index in [4.69, 9.17) is 5.73 Å². The average molecular weight is 278 g/mol. The van der Waals surface area contributed by atoms with Gasteiger partial charge < -0.3 is 11.1 Å². The highest BCUT2D eigenvalue weighted by Crippen LogP contribution is 2.35. The number of hydrogen-bond donors (Lipinski definition) is 2. The summed E-state index contributed by atoms with van der Waals surface area (Å²) >= 11 is 0. The number of aromatic nitrogens is 2. The van der Waals surface area contributed by atoms with Gasteiger partial charge >= 0.3 is 0 Å². The van der Waals surface area contributed by atoms with E-state index in [2.05, 4.69) is 10.4 Å². The van der Waals surface area contributed by atoms with Crippen LogP contribution in [0.15, 0.2) is 0 Å². The second-order valence-corrected chi connectivity index (χ2v) is 6.00. The first kappa shape index (κ1) is 15.0. The standard InChI is InChI=1S/C15H26N4O/c1-11-13(12(2)19(3)18-11)9-17-14(20)15(10-16)7-5-4-6-8-15/h4-10,16H2,1-3H3,(H,17,20). The Morgan fingerprint density at radius 3 is 2.50 bits per heavy atom. The molecule has 1 aromatic rings. The highest BCUT2D eigenvalue weighted by molar-refractivity contribution is 5.83. The Bertz CT molecular complexity index is 486. The van der Waals surface area contributed by atoms with Gasteiger partial charge in [0.25, 0.3) is 0 Å². The third kappa shape index (κ3) is 2.73. The van der Waals surface area contributed by atoms with Gasteiger partial charge in [0, 0.05) is 31.4 Å². The van der Waals surface area contributed by atoms with E-state index in [9.17, 15) is 4.79 Å². The van der Waals surface area contributed by atoms with Gasteiger partial charge in [-0.3, -0.25) is 9.48 Å². The third-order valence-electron chi connectivity index (χ3n) is 4.77. The van der Waals surface area contributed by atoms with Crippen molar-refractivity contribution < 1.29 is 4.79 Å². The molecule has 1 amide bonds. The fourth-order valence-electron chi connectivity index (χ4n) is 3.18. The summed E-state index contributed by atoms with van der Waals surface area (Å²) in [6.45, 7) is 5.00. The summed E-state index contributed by atoms with van der Waals surface area (Å²) in [5.41, 5.74) is 8.75. The van der Waals surface area contributed by atoms with Crippen LogP contribution in [0, 0.1) is 19.3 Å². The minimum absolute atomic E-state index is 0.113. The van der Waals surface area contributed by atoms with E-state index in [1.54, 1.807) is 0 Å². The predicted molar refractivity (Wildman–Crippen MR) is 79.1 cm³/mol. The molecule has 1 aromatic heterocycles. The molecule has 112 valence electrons. The van der Waals surface area contributed by atoms with Crippen molar-refractivity contribution in [3.63, 3.8) is 0 Å². The van der Waals surface area contributed by atoms with Crippen LogP contribution in [0.5, 0.6) is 0 Å². The Morgan fingerprint density at radius 2 is 2.00 bits per heavy atom. The molecule has 0 radical (unpaired) electrons. The van der Waals surface area contributed by atoms with Crippen molar-refractivity contribution >= 4 is 5.91 Å². The lowest BCUT2D eigenvalue weighted by atomic mass is 9.73. The van der Waals surface area contributed by atoms with Crippen LogP contribution < -0.4 is 11.1 Å². The largest absolute Gasteiger partial charge is 0.351 e. The van der Waals surface area contributed by atoms with E-state index in [0.29, 0.717) is 13.1 Å². The Kier molecular flexibility index (Phi) is 4.48. The van der Waals surface area contributed by atoms with Crippen molar-refractivity contribution in [3.8, 4) is 0 Å². The van der Waals surface area contributed by atoms with E-state index in [-0.39, 0.29) is 11.3 Å². The molecule has 1 heterocycles. The molecule has 0 unspecified atom stereocenters. The van der Waals surface area contributed by atoms with E-state index in [0.717, 1.165) is 42.6 Å². The molecule has 5 heteroatoms. The number of amides is 1. The molecule has 3 N–H and O–H groups in total. The number of nitrogens with one attached hydrogen (secondary N) is 1. The van der Waals surface area contributed by atoms with Gasteiger partial charge in [0.1, 0.15) is 0 Å². The van der Waals surface area contributed by atoms with Gasteiger partial charge in [0.05, 0.1) is 11.1 Å². The average Bonchev–Trinajstić information content (AvgIpc) is 2.70. The Labute approximate surface area is 120 Å². The molecule has 1 saturated carbocycles. The minimum Gasteiger partial charge on any atom is -0.351 e. The number of carbonyl (C=O) groups excluding carboxylic acids is 1. The second-order valence-electron chi connectivity index (χ2n) is 6.00. The van der Waals surface area contributed by atoms with Crippen molar-refractivity contribution in [2.75, 3.05) is 6.54 Å². The monoisotopic (exact) mass is 278 g/mol. The second kappa shape index (κ2) is 5.95. The van der Waals surface area contributed by atoms with Crippen molar-refractivity contribution in [1.29, 1.82) is 0 Å². The maximum Gasteiger partial charge on any atom is 0.227 e. The molecule has 1 aliphatic rings. The molecule has 0 spiro atoms. The number of rotatable bonds is 4. The van der Waals surface area contributed by atoms with Gasteiger partial charge in [0.15, 0.2) is 0 Å². The molecule has 1 fully saturated rings. The summed E-state index contributed by atoms with van der Waals surface area (Å²) < 4.78 is 1.86. The van der Waals surface area contributed by atoms with Gasteiger partial charge in [-0.15, -0.1) is 0 Å². The normalized spacial score (nSPS) is 18.0. The van der Waals surface area contributed by atoms with E-state index in [1.807, 2.05) is 25.6 Å². The van der Waals surface area contributed by atoms with Gasteiger partial charge in [0.2, 0.25) is 5.91 Å². The van der Waals surface area contributed by atoms with Crippen molar-refractivity contribution in [2.45, 2.75) is 52.5 Å². The lowest BCUT2D eigenvalue weighted by Gasteiger charge is -2.34. The maximum atomic E-state index is 12.5. The molecule has 20 heavy (non-hydrogen) atoms. The van der Waals surface area contributed by atoms with Crippen LogP contribution in [0.1, 0.15) is 49.1 Å². The third-order valence-corrected chi connectivity index (χ3v) is 4.77. The summed E-state index contributed by atoms with van der Waals surface area (Å²) in [5, 5.41) is 7.46. The van der Waals surface area contributed by atoms with E-state index < -0.39 is 0 Å². The molecule has 0 bridgehead atoms. The zero-order valence-corrected chi connectivity index (χ0v) is 12.8. The number of nitrogens with two attached hydrogens (primary N) is 1. The lowest BCUT2D eigenvalue weighted by Crippen LogP contribution is -2.47. The first-order valence-corrected chi connectivity index (χ1v) is 7.47. The highest BCUT2D eigenvalue weighted by atomic mass is 16.2. The van der Waals surface area contributed by atoms with Crippen LogP contribution in [-0.2, 0) is 18.4 Å². The smallest absolute Gasteiger partial charge is 0.227 e. The van der Waals surface area contributed by atoms with Gasteiger partial charge in [-0.1, -0.05) is 19.3 Å². The zero-order valence-electron chi connectivity index (χ0n) is 12.8. The molecular weight excluding hydrogens is 252 g/mol. The van der Waals surface area contributed by atoms with E-state index >= 15 is 0 Å². The molecule has 0 aromatic carbocycles. The zero-order chi connectivity index (χ0) is 14.8. The number of nitrogens with zero attached hydrogens (tertiary/aromatic N) is 2. The van der Waals surface area contributed by atoms with Crippen LogP contribution in [0.4, 0.5) is 0 Å². The SMILES string of the molecule is Cc1nn(C)c(C)c1CNC(=O)C1(CN)CCCCC1. The number of aryl methyl sites for hydroxylation is 2. The number of carbonyl (C=O) groups is 1. The van der Waals surface area contributed by atoms with Crippen LogP contribution >= 0.6 is 0 Å². The fraction of sp³-hybridized carbons (Fsp3) is 0.733. The van der Waals surface area contributed by atoms with E-state index in [1.165, 1.54) is 6.42 Å². The fourth-order valence-corrected chi connectivity index (χ4v) is 3.18. The summed E-state index contributed by atoms with van der Waals surface area (Å²) in [6.07, 6.45) is 5.27. The summed E-state index contributed by atoms with van der Waals surface area (Å²) in [5.74, 6) is 0.113. The number of hydrogen-bond acceptors (Lipinski definition) is 3. The van der Waals surface area contributed by atoms with Crippen LogP contribution in [0.2, 0.25) is 0 Å². The van der Waals surface area contributed by atoms with Crippen LogP contribution in [0.3, 0.4) is 0 Å². The molecule has 0 atom stereocenters. The molecule has 2 rings (SSSR count). The predicted octanol–water partition coefficient (Wildman–Crippen LogP) is 1.56. The minimum atomic E-state index is -0.345. The van der Waals surface area contributed by atoms with Crippen molar-refractivity contribution in [2.24, 2.45) is 18.2 Å². The summed E-state index contributed by atoms with van der Waals surface area (Å²) in [7, 11) is 1.93. The van der Waals surface area contributed by atoms with Gasteiger partial charge in [-0.2, -0.15) is 5.10 Å². The first-order chi connectivity index (χ1) is 9.50. The van der Waals surface area contributed by atoms with Crippen LogP contribution in [0.25, 0.3) is 0 Å². The summed E-state index contributed by atoms with van der Waals surface area (Å²) in [6, 6.07) is 0.